The largest absolute Gasteiger partial charge is 0.416 e. The summed E-state index contributed by atoms with van der Waals surface area (Å²) in [5.41, 5.74) is -0.844. The first kappa shape index (κ1) is 12.8. The van der Waals surface area contributed by atoms with Crippen molar-refractivity contribution >= 4 is 0 Å². The number of aliphatic hydroxyl groups excluding tert-OH is 1. The van der Waals surface area contributed by atoms with Crippen molar-refractivity contribution in [3.63, 3.8) is 0 Å². The highest BCUT2D eigenvalue weighted by Crippen LogP contribution is 2.35. The number of benzene rings is 1. The van der Waals surface area contributed by atoms with Gasteiger partial charge in [0.2, 0.25) is 0 Å². The number of hydrogen-bond donors (Lipinski definition) is 1. The maximum atomic E-state index is 12.6. The van der Waals surface area contributed by atoms with E-state index in [-0.39, 0.29) is 12.0 Å². The molecular weight excluding hydrogens is 217 g/mol. The molecule has 0 fully saturated rings. The summed E-state index contributed by atoms with van der Waals surface area (Å²) < 4.78 is 37.8. The Hall–Kier alpha value is -1.29. The number of alkyl halides is 3. The molecule has 4 heteroatoms. The summed E-state index contributed by atoms with van der Waals surface area (Å²) in [6.45, 7) is 3.46. The molecule has 0 aliphatic rings. The Kier molecular flexibility index (Phi) is 4.12. The first-order valence-corrected chi connectivity index (χ1v) is 4.92. The van der Waals surface area contributed by atoms with Crippen molar-refractivity contribution in [3.8, 4) is 0 Å². The average molecular weight is 230 g/mol. The van der Waals surface area contributed by atoms with Crippen molar-refractivity contribution in [2.45, 2.75) is 25.1 Å². The lowest BCUT2D eigenvalue weighted by Gasteiger charge is -2.16. The van der Waals surface area contributed by atoms with E-state index in [1.165, 1.54) is 18.2 Å². The van der Waals surface area contributed by atoms with Crippen LogP contribution >= 0.6 is 0 Å². The van der Waals surface area contributed by atoms with Crippen LogP contribution in [0.4, 0.5) is 13.2 Å². The number of rotatable bonds is 4. The molecule has 16 heavy (non-hydrogen) atoms. The molecule has 0 saturated carbocycles. The molecule has 1 unspecified atom stereocenters. The van der Waals surface area contributed by atoms with Gasteiger partial charge in [0.05, 0.1) is 11.7 Å². The van der Waals surface area contributed by atoms with Gasteiger partial charge in [0, 0.05) is 0 Å². The van der Waals surface area contributed by atoms with Crippen LogP contribution in [-0.2, 0) is 6.18 Å². The van der Waals surface area contributed by atoms with E-state index in [9.17, 15) is 18.3 Å². The van der Waals surface area contributed by atoms with Gasteiger partial charge in [-0.2, -0.15) is 13.2 Å². The molecule has 0 aliphatic heterocycles. The maximum absolute atomic E-state index is 12.6. The third-order valence-corrected chi connectivity index (χ3v) is 2.27. The van der Waals surface area contributed by atoms with E-state index in [1.807, 2.05) is 0 Å². The van der Waals surface area contributed by atoms with Crippen molar-refractivity contribution in [2.24, 2.45) is 0 Å². The molecule has 0 radical (unpaired) electrons. The van der Waals surface area contributed by atoms with Gasteiger partial charge in [-0.1, -0.05) is 24.3 Å². The highest BCUT2D eigenvalue weighted by atomic mass is 19.4. The van der Waals surface area contributed by atoms with Gasteiger partial charge < -0.3 is 5.11 Å². The first-order chi connectivity index (χ1) is 7.46. The van der Waals surface area contributed by atoms with Crippen LogP contribution in [0.1, 0.15) is 30.1 Å². The molecule has 1 atom stereocenters. The molecular formula is C12H13F3O. The Morgan fingerprint density at radius 2 is 1.94 bits per heavy atom. The van der Waals surface area contributed by atoms with Crippen LogP contribution in [0.15, 0.2) is 36.9 Å². The van der Waals surface area contributed by atoms with Gasteiger partial charge in [0.15, 0.2) is 0 Å². The fourth-order valence-electron chi connectivity index (χ4n) is 1.48. The summed E-state index contributed by atoms with van der Waals surface area (Å²) >= 11 is 0. The molecule has 0 saturated heterocycles. The molecule has 0 amide bonds. The zero-order valence-electron chi connectivity index (χ0n) is 8.67. The minimum absolute atomic E-state index is 0.0724. The smallest absolute Gasteiger partial charge is 0.388 e. The van der Waals surface area contributed by atoms with Crippen LogP contribution in [0, 0.1) is 0 Å². The second-order valence-corrected chi connectivity index (χ2v) is 3.47. The third kappa shape index (κ3) is 3.10. The van der Waals surface area contributed by atoms with Crippen LogP contribution in [0.2, 0.25) is 0 Å². The molecule has 88 valence electrons. The quantitative estimate of drug-likeness (QED) is 0.782. The standard InChI is InChI=1S/C12H13F3O/c1-2-3-8-11(16)9-6-4-5-7-10(9)12(13,14)15/h2,4-7,11,16H,1,3,8H2. The lowest BCUT2D eigenvalue weighted by molar-refractivity contribution is -0.139. The highest BCUT2D eigenvalue weighted by Gasteiger charge is 2.34. The Balaban J connectivity index is 2.99. The van der Waals surface area contributed by atoms with Crippen LogP contribution in [0.25, 0.3) is 0 Å². The average Bonchev–Trinajstić information content (AvgIpc) is 2.24. The van der Waals surface area contributed by atoms with Crippen LogP contribution < -0.4 is 0 Å². The number of allylic oxidation sites excluding steroid dienone is 1. The van der Waals surface area contributed by atoms with Gasteiger partial charge in [-0.15, -0.1) is 6.58 Å². The fourth-order valence-corrected chi connectivity index (χ4v) is 1.48. The summed E-state index contributed by atoms with van der Waals surface area (Å²) in [6.07, 6.45) is -3.23. The van der Waals surface area contributed by atoms with E-state index in [4.69, 9.17) is 0 Å². The predicted molar refractivity (Wildman–Crippen MR) is 55.8 cm³/mol. The molecule has 1 aromatic rings. The summed E-state index contributed by atoms with van der Waals surface area (Å²) in [7, 11) is 0. The lowest BCUT2D eigenvalue weighted by atomic mass is 9.99. The number of halogens is 3. The molecule has 0 aliphatic carbocycles. The topological polar surface area (TPSA) is 20.2 Å². The Bertz CT molecular complexity index is 358. The van der Waals surface area contributed by atoms with E-state index in [0.717, 1.165) is 6.07 Å². The summed E-state index contributed by atoms with van der Waals surface area (Å²) in [6, 6.07) is 5.08. The van der Waals surface area contributed by atoms with Crippen molar-refractivity contribution in [3.05, 3.63) is 48.0 Å². The van der Waals surface area contributed by atoms with Gasteiger partial charge in [-0.05, 0) is 24.5 Å². The van der Waals surface area contributed by atoms with Gasteiger partial charge in [-0.3, -0.25) is 0 Å². The van der Waals surface area contributed by atoms with Crippen LogP contribution in [0.3, 0.4) is 0 Å². The van der Waals surface area contributed by atoms with E-state index < -0.39 is 17.8 Å². The molecule has 1 aromatic carbocycles. The van der Waals surface area contributed by atoms with Crippen molar-refractivity contribution < 1.29 is 18.3 Å². The van der Waals surface area contributed by atoms with Crippen LogP contribution in [0.5, 0.6) is 0 Å². The third-order valence-electron chi connectivity index (χ3n) is 2.27. The molecule has 1 N–H and O–H groups in total. The highest BCUT2D eigenvalue weighted by molar-refractivity contribution is 5.31. The Morgan fingerprint density at radius 1 is 1.31 bits per heavy atom. The van der Waals surface area contributed by atoms with E-state index in [1.54, 1.807) is 6.08 Å². The minimum Gasteiger partial charge on any atom is -0.388 e. The maximum Gasteiger partial charge on any atom is 0.416 e. The van der Waals surface area contributed by atoms with E-state index >= 15 is 0 Å². The molecule has 0 spiro atoms. The summed E-state index contributed by atoms with van der Waals surface area (Å²) in [4.78, 5) is 0. The van der Waals surface area contributed by atoms with E-state index in [2.05, 4.69) is 6.58 Å². The second kappa shape index (κ2) is 5.16. The lowest BCUT2D eigenvalue weighted by Crippen LogP contribution is -2.11. The fraction of sp³-hybridized carbons (Fsp3) is 0.333. The SMILES string of the molecule is C=CCCC(O)c1ccccc1C(F)(F)F. The first-order valence-electron chi connectivity index (χ1n) is 4.92. The zero-order valence-corrected chi connectivity index (χ0v) is 8.67. The molecule has 1 nitrogen and oxygen atoms in total. The monoisotopic (exact) mass is 230 g/mol. The summed E-state index contributed by atoms with van der Waals surface area (Å²) in [5.74, 6) is 0. The van der Waals surface area contributed by atoms with E-state index in [0.29, 0.717) is 6.42 Å². The Morgan fingerprint density at radius 3 is 2.50 bits per heavy atom. The molecule has 0 heterocycles. The number of aliphatic hydroxyl groups is 1. The van der Waals surface area contributed by atoms with Gasteiger partial charge >= 0.3 is 6.18 Å². The van der Waals surface area contributed by atoms with Gasteiger partial charge in [-0.25, -0.2) is 0 Å². The zero-order chi connectivity index (χ0) is 12.2. The normalized spacial score (nSPS) is 13.5. The van der Waals surface area contributed by atoms with Gasteiger partial charge in [0.25, 0.3) is 0 Å². The molecule has 0 aromatic heterocycles. The molecule has 1 rings (SSSR count). The summed E-state index contributed by atoms with van der Waals surface area (Å²) in [5, 5.41) is 9.65. The van der Waals surface area contributed by atoms with Crippen molar-refractivity contribution in [2.75, 3.05) is 0 Å². The van der Waals surface area contributed by atoms with Crippen molar-refractivity contribution in [1.29, 1.82) is 0 Å². The van der Waals surface area contributed by atoms with Crippen LogP contribution in [-0.4, -0.2) is 5.11 Å². The second-order valence-electron chi connectivity index (χ2n) is 3.47. The van der Waals surface area contributed by atoms with Crippen molar-refractivity contribution in [1.82, 2.24) is 0 Å². The number of hydrogen-bond acceptors (Lipinski definition) is 1. The molecule has 0 bridgehead atoms. The van der Waals surface area contributed by atoms with Gasteiger partial charge in [0.1, 0.15) is 0 Å². The predicted octanol–water partition coefficient (Wildman–Crippen LogP) is 3.71. The minimum atomic E-state index is -4.42. The Labute approximate surface area is 92.2 Å².